The first-order valence-electron chi connectivity index (χ1n) is 5.75. The predicted molar refractivity (Wildman–Crippen MR) is 71.8 cm³/mol. The fourth-order valence-corrected chi connectivity index (χ4v) is 1.99. The molecule has 0 aliphatic heterocycles. The molecule has 19 heavy (non-hydrogen) atoms. The molecule has 4 nitrogen and oxygen atoms in total. The Labute approximate surface area is 111 Å². The SMILES string of the molecule is C=CCC(Cc1ccccc1)(C(=C)C(=O)O)C(=O)O. The van der Waals surface area contributed by atoms with Gasteiger partial charge < -0.3 is 10.2 Å². The highest BCUT2D eigenvalue weighted by molar-refractivity contribution is 5.96. The van der Waals surface area contributed by atoms with E-state index in [2.05, 4.69) is 13.2 Å². The number of rotatable bonds is 7. The second kappa shape index (κ2) is 6.00. The molecule has 0 saturated carbocycles. The number of carbonyl (C=O) groups is 2. The van der Waals surface area contributed by atoms with E-state index in [-0.39, 0.29) is 18.4 Å². The molecule has 0 amide bonds. The molecule has 0 aliphatic rings. The lowest BCUT2D eigenvalue weighted by molar-refractivity contribution is -0.149. The molecule has 1 rings (SSSR count). The predicted octanol–water partition coefficient (Wildman–Crippen LogP) is 2.52. The van der Waals surface area contributed by atoms with Crippen LogP contribution in [0.2, 0.25) is 0 Å². The second-order valence-corrected chi connectivity index (χ2v) is 4.33. The standard InChI is InChI=1S/C15H16O4/c1-3-9-15(14(18)19,11(2)13(16)17)10-12-7-5-4-6-8-12/h3-8H,1-2,9-10H2,(H,16,17)(H,18,19). The van der Waals surface area contributed by atoms with Gasteiger partial charge in [0.05, 0.1) is 0 Å². The molecular weight excluding hydrogens is 244 g/mol. The van der Waals surface area contributed by atoms with Gasteiger partial charge in [0.15, 0.2) is 0 Å². The van der Waals surface area contributed by atoms with Crippen molar-refractivity contribution in [3.05, 3.63) is 60.7 Å². The molecule has 0 radical (unpaired) electrons. The lowest BCUT2D eigenvalue weighted by atomic mass is 9.73. The van der Waals surface area contributed by atoms with Crippen LogP contribution in [-0.2, 0) is 16.0 Å². The summed E-state index contributed by atoms with van der Waals surface area (Å²) in [7, 11) is 0. The third-order valence-corrected chi connectivity index (χ3v) is 3.09. The molecule has 100 valence electrons. The van der Waals surface area contributed by atoms with Crippen LogP contribution in [0.1, 0.15) is 12.0 Å². The lowest BCUT2D eigenvalue weighted by Gasteiger charge is -2.28. The number of carboxylic acids is 2. The summed E-state index contributed by atoms with van der Waals surface area (Å²) in [6.07, 6.45) is 1.49. The first-order valence-corrected chi connectivity index (χ1v) is 5.75. The van der Waals surface area contributed by atoms with Gasteiger partial charge in [-0.15, -0.1) is 6.58 Å². The Morgan fingerprint density at radius 3 is 2.21 bits per heavy atom. The summed E-state index contributed by atoms with van der Waals surface area (Å²) in [5, 5.41) is 18.5. The van der Waals surface area contributed by atoms with E-state index >= 15 is 0 Å². The van der Waals surface area contributed by atoms with Crippen molar-refractivity contribution in [3.8, 4) is 0 Å². The van der Waals surface area contributed by atoms with Crippen molar-refractivity contribution >= 4 is 11.9 Å². The van der Waals surface area contributed by atoms with E-state index in [4.69, 9.17) is 5.11 Å². The van der Waals surface area contributed by atoms with Crippen LogP contribution < -0.4 is 0 Å². The Kier molecular flexibility index (Phi) is 4.64. The monoisotopic (exact) mass is 260 g/mol. The molecular formula is C15H16O4. The maximum atomic E-state index is 11.6. The van der Waals surface area contributed by atoms with Gasteiger partial charge in [0.1, 0.15) is 5.41 Å². The first-order chi connectivity index (χ1) is 8.94. The van der Waals surface area contributed by atoms with Crippen molar-refractivity contribution in [2.45, 2.75) is 12.8 Å². The Hall–Kier alpha value is -2.36. The molecule has 1 aromatic rings. The van der Waals surface area contributed by atoms with Crippen molar-refractivity contribution in [2.24, 2.45) is 5.41 Å². The fourth-order valence-electron chi connectivity index (χ4n) is 1.99. The molecule has 0 spiro atoms. The molecule has 0 heterocycles. The summed E-state index contributed by atoms with van der Waals surface area (Å²) < 4.78 is 0. The van der Waals surface area contributed by atoms with Gasteiger partial charge in [-0.25, -0.2) is 4.79 Å². The van der Waals surface area contributed by atoms with Crippen molar-refractivity contribution < 1.29 is 19.8 Å². The van der Waals surface area contributed by atoms with Crippen LogP contribution in [0.5, 0.6) is 0 Å². The van der Waals surface area contributed by atoms with E-state index in [1.165, 1.54) is 6.08 Å². The van der Waals surface area contributed by atoms with Crippen LogP contribution >= 0.6 is 0 Å². The Morgan fingerprint density at radius 2 is 1.79 bits per heavy atom. The quantitative estimate of drug-likeness (QED) is 0.583. The van der Waals surface area contributed by atoms with Gasteiger partial charge in [-0.3, -0.25) is 4.79 Å². The van der Waals surface area contributed by atoms with Gasteiger partial charge >= 0.3 is 11.9 Å². The lowest BCUT2D eigenvalue weighted by Crippen LogP contribution is -2.37. The fraction of sp³-hybridized carbons (Fsp3) is 0.200. The summed E-state index contributed by atoms with van der Waals surface area (Å²) >= 11 is 0. The van der Waals surface area contributed by atoms with E-state index in [9.17, 15) is 14.7 Å². The van der Waals surface area contributed by atoms with Gasteiger partial charge in [-0.2, -0.15) is 0 Å². The highest BCUT2D eigenvalue weighted by Crippen LogP contribution is 2.35. The van der Waals surface area contributed by atoms with E-state index in [0.29, 0.717) is 0 Å². The molecule has 4 heteroatoms. The largest absolute Gasteiger partial charge is 0.481 e. The van der Waals surface area contributed by atoms with Crippen LogP contribution in [0.25, 0.3) is 0 Å². The van der Waals surface area contributed by atoms with Crippen molar-refractivity contribution in [1.29, 1.82) is 0 Å². The minimum Gasteiger partial charge on any atom is -0.481 e. The zero-order valence-electron chi connectivity index (χ0n) is 10.5. The smallest absolute Gasteiger partial charge is 0.332 e. The molecule has 1 unspecified atom stereocenters. The van der Waals surface area contributed by atoms with Gasteiger partial charge in [-0.1, -0.05) is 43.0 Å². The number of carboxylic acid groups (broad SMARTS) is 2. The Bertz CT molecular complexity index is 504. The number of aliphatic carboxylic acids is 2. The van der Waals surface area contributed by atoms with Gasteiger partial charge in [0, 0.05) is 5.57 Å². The van der Waals surface area contributed by atoms with Gasteiger partial charge in [-0.05, 0) is 18.4 Å². The third-order valence-electron chi connectivity index (χ3n) is 3.09. The topological polar surface area (TPSA) is 74.6 Å². The summed E-state index contributed by atoms with van der Waals surface area (Å²) in [5.74, 6) is -2.51. The highest BCUT2D eigenvalue weighted by Gasteiger charge is 2.43. The molecule has 0 saturated heterocycles. The molecule has 1 aromatic carbocycles. The van der Waals surface area contributed by atoms with Crippen molar-refractivity contribution in [3.63, 3.8) is 0 Å². The number of allylic oxidation sites excluding steroid dienone is 1. The normalized spacial score (nSPS) is 13.3. The molecule has 0 fully saturated rings. The summed E-state index contributed by atoms with van der Waals surface area (Å²) in [6.45, 7) is 6.95. The zero-order valence-corrected chi connectivity index (χ0v) is 10.5. The number of benzene rings is 1. The second-order valence-electron chi connectivity index (χ2n) is 4.33. The Balaban J connectivity index is 3.24. The zero-order chi connectivity index (χ0) is 14.5. The average molecular weight is 260 g/mol. The molecule has 0 bridgehead atoms. The molecule has 2 N–H and O–H groups in total. The average Bonchev–Trinajstić information content (AvgIpc) is 2.38. The van der Waals surface area contributed by atoms with Crippen LogP contribution in [0, 0.1) is 5.41 Å². The van der Waals surface area contributed by atoms with Gasteiger partial charge in [0.25, 0.3) is 0 Å². The van der Waals surface area contributed by atoms with Crippen molar-refractivity contribution in [1.82, 2.24) is 0 Å². The van der Waals surface area contributed by atoms with E-state index in [1.54, 1.807) is 24.3 Å². The van der Waals surface area contributed by atoms with Crippen LogP contribution in [0.15, 0.2) is 55.1 Å². The number of hydrogen-bond acceptors (Lipinski definition) is 2. The van der Waals surface area contributed by atoms with E-state index < -0.39 is 17.4 Å². The van der Waals surface area contributed by atoms with Crippen LogP contribution in [0.3, 0.4) is 0 Å². The minimum absolute atomic E-state index is 0.0162. The first kappa shape index (κ1) is 14.7. The van der Waals surface area contributed by atoms with Crippen LogP contribution in [-0.4, -0.2) is 22.2 Å². The molecule has 0 aliphatic carbocycles. The minimum atomic E-state index is -1.56. The van der Waals surface area contributed by atoms with Crippen LogP contribution in [0.4, 0.5) is 0 Å². The summed E-state index contributed by atoms with van der Waals surface area (Å²) in [4.78, 5) is 22.7. The maximum Gasteiger partial charge on any atom is 0.332 e. The Morgan fingerprint density at radius 1 is 1.21 bits per heavy atom. The third kappa shape index (κ3) is 3.10. The summed E-state index contributed by atoms with van der Waals surface area (Å²) in [5.41, 5.74) is -1.15. The maximum absolute atomic E-state index is 11.6. The van der Waals surface area contributed by atoms with Crippen molar-refractivity contribution in [2.75, 3.05) is 0 Å². The van der Waals surface area contributed by atoms with E-state index in [0.717, 1.165) is 5.56 Å². The van der Waals surface area contributed by atoms with Gasteiger partial charge in [0.2, 0.25) is 0 Å². The number of hydrogen-bond donors (Lipinski definition) is 2. The van der Waals surface area contributed by atoms with E-state index in [1.807, 2.05) is 6.07 Å². The highest BCUT2D eigenvalue weighted by atomic mass is 16.4. The molecule has 0 aromatic heterocycles. The summed E-state index contributed by atoms with van der Waals surface area (Å²) in [6, 6.07) is 8.88. The molecule has 1 atom stereocenters.